The van der Waals surface area contributed by atoms with Crippen molar-refractivity contribution in [3.63, 3.8) is 0 Å². The number of carbonyl (C=O) groups excluding carboxylic acids is 3. The van der Waals surface area contributed by atoms with Crippen molar-refractivity contribution in [1.29, 1.82) is 0 Å². The molecular weight excluding hydrogens is 412 g/mol. The molecule has 2 saturated carbocycles. The number of hydrogen-bond donors (Lipinski definition) is 1. The van der Waals surface area contributed by atoms with Crippen LogP contribution in [0.3, 0.4) is 0 Å². The first-order valence-electron chi connectivity index (χ1n) is 11.9. The first-order valence-corrected chi connectivity index (χ1v) is 11.9. The van der Waals surface area contributed by atoms with Gasteiger partial charge in [0.15, 0.2) is 0 Å². The van der Waals surface area contributed by atoms with Gasteiger partial charge in [-0.15, -0.1) is 0 Å². The number of aryl methyl sites for hydroxylation is 2. The summed E-state index contributed by atoms with van der Waals surface area (Å²) < 4.78 is 0. The van der Waals surface area contributed by atoms with Crippen LogP contribution in [0.15, 0.2) is 60.7 Å². The van der Waals surface area contributed by atoms with Crippen molar-refractivity contribution in [2.24, 2.45) is 35.5 Å². The molecule has 2 aromatic rings. The lowest BCUT2D eigenvalue weighted by molar-refractivity contribution is -0.146. The van der Waals surface area contributed by atoms with E-state index in [-0.39, 0.29) is 41.4 Å². The van der Waals surface area contributed by atoms with Crippen molar-refractivity contribution in [3.05, 3.63) is 77.4 Å². The first-order chi connectivity index (χ1) is 15.9. The highest BCUT2D eigenvalue weighted by Crippen LogP contribution is 2.65. The van der Waals surface area contributed by atoms with Crippen molar-refractivity contribution >= 4 is 23.4 Å². The highest BCUT2D eigenvalue weighted by Gasteiger charge is 2.67. The lowest BCUT2D eigenvalue weighted by Crippen LogP contribution is -2.49. The summed E-state index contributed by atoms with van der Waals surface area (Å²) in [6.07, 6.45) is 5.76. The van der Waals surface area contributed by atoms with E-state index < -0.39 is 6.04 Å². The van der Waals surface area contributed by atoms with Gasteiger partial charge in [0.1, 0.15) is 6.04 Å². The molecule has 3 fully saturated rings. The molecular formula is C28H28N2O3. The van der Waals surface area contributed by atoms with E-state index in [4.69, 9.17) is 0 Å². The van der Waals surface area contributed by atoms with Gasteiger partial charge in [0.2, 0.25) is 17.7 Å². The van der Waals surface area contributed by atoms with E-state index in [9.17, 15) is 14.4 Å². The number of rotatable bonds is 5. The maximum Gasteiger partial charge on any atom is 0.248 e. The topological polar surface area (TPSA) is 66.5 Å². The molecule has 1 aliphatic heterocycles. The molecule has 33 heavy (non-hydrogen) atoms. The Morgan fingerprint density at radius 2 is 1.61 bits per heavy atom. The van der Waals surface area contributed by atoms with Gasteiger partial charge >= 0.3 is 0 Å². The number of imide groups is 1. The summed E-state index contributed by atoms with van der Waals surface area (Å²) in [7, 11) is 0. The van der Waals surface area contributed by atoms with Crippen LogP contribution in [0.4, 0.5) is 5.69 Å². The molecule has 3 amide bonds. The van der Waals surface area contributed by atoms with Gasteiger partial charge in [-0.1, -0.05) is 60.2 Å². The number of hydrogen-bond acceptors (Lipinski definition) is 3. The Morgan fingerprint density at radius 3 is 2.21 bits per heavy atom. The molecule has 5 nitrogen and oxygen atoms in total. The summed E-state index contributed by atoms with van der Waals surface area (Å²) in [6, 6.07) is 14.6. The summed E-state index contributed by atoms with van der Waals surface area (Å²) in [5, 5.41) is 3.01. The van der Waals surface area contributed by atoms with Crippen molar-refractivity contribution in [3.8, 4) is 0 Å². The highest BCUT2D eigenvalue weighted by molar-refractivity contribution is 6.10. The van der Waals surface area contributed by atoms with Gasteiger partial charge in [-0.3, -0.25) is 19.3 Å². The fraction of sp³-hybridized carbons (Fsp3) is 0.393. The van der Waals surface area contributed by atoms with E-state index >= 15 is 0 Å². The number of likely N-dealkylation sites (tertiary alicyclic amines) is 1. The SMILES string of the molecule is Cc1ccc(NC(=O)[C@@H](Cc2ccccc2)N2C(=O)[C@H]3[C@@H]4C=C[C@H]([C@H]5C[C@H]45)[C@@H]3C2=O)c(C)c1. The van der Waals surface area contributed by atoms with E-state index in [0.29, 0.717) is 23.9 Å². The van der Waals surface area contributed by atoms with E-state index in [1.54, 1.807) is 0 Å². The second-order valence-corrected chi connectivity index (χ2v) is 10.2. The van der Waals surface area contributed by atoms with Crippen LogP contribution in [0.2, 0.25) is 0 Å². The Balaban J connectivity index is 1.34. The zero-order valence-corrected chi connectivity index (χ0v) is 18.9. The Bertz CT molecular complexity index is 1150. The summed E-state index contributed by atoms with van der Waals surface area (Å²) in [5.41, 5.74) is 3.71. The zero-order valence-electron chi connectivity index (χ0n) is 18.9. The predicted molar refractivity (Wildman–Crippen MR) is 125 cm³/mol. The van der Waals surface area contributed by atoms with Crippen molar-refractivity contribution in [1.82, 2.24) is 4.90 Å². The summed E-state index contributed by atoms with van der Waals surface area (Å²) >= 11 is 0. The molecule has 1 saturated heterocycles. The van der Waals surface area contributed by atoms with Crippen LogP contribution in [0, 0.1) is 49.4 Å². The number of nitrogens with zero attached hydrogens (tertiary/aromatic N) is 1. The number of benzene rings is 2. The van der Waals surface area contributed by atoms with Gasteiger partial charge in [0.05, 0.1) is 11.8 Å². The standard InChI is InChI=1S/C28H28N2O3/c1-15-8-11-22(16(2)12-15)29-26(31)23(13-17-6-4-3-5-7-17)30-27(32)24-18-9-10-19(21-14-20(18)21)25(24)28(30)33/h3-12,18-21,23-25H,13-14H2,1-2H3,(H,29,31)/t18-,19-,20-,21-,23-,24+,25+/m1/s1. The smallest absolute Gasteiger partial charge is 0.248 e. The molecule has 2 bridgehead atoms. The molecule has 0 unspecified atom stereocenters. The van der Waals surface area contributed by atoms with E-state index in [2.05, 4.69) is 17.5 Å². The maximum atomic E-state index is 13.7. The third kappa shape index (κ3) is 3.17. The number of amides is 3. The van der Waals surface area contributed by atoms with Crippen molar-refractivity contribution in [2.45, 2.75) is 32.7 Å². The molecule has 5 heteroatoms. The third-order valence-electron chi connectivity index (χ3n) is 8.22. The average Bonchev–Trinajstić information content (AvgIpc) is 3.59. The van der Waals surface area contributed by atoms with Gasteiger partial charge in [0, 0.05) is 12.1 Å². The fourth-order valence-corrected chi connectivity index (χ4v) is 6.60. The van der Waals surface area contributed by atoms with Crippen molar-refractivity contribution in [2.75, 3.05) is 5.32 Å². The summed E-state index contributed by atoms with van der Waals surface area (Å²) in [5.74, 6) is 0.128. The van der Waals surface area contributed by atoms with Gasteiger partial charge in [-0.05, 0) is 61.1 Å². The summed E-state index contributed by atoms with van der Waals surface area (Å²) in [6.45, 7) is 3.96. The average molecular weight is 441 g/mol. The molecule has 168 valence electrons. The largest absolute Gasteiger partial charge is 0.324 e. The normalized spacial score (nSPS) is 31.9. The first kappa shape index (κ1) is 20.4. The predicted octanol–water partition coefficient (Wildman–Crippen LogP) is 3.91. The molecule has 1 N–H and O–H groups in total. The molecule has 2 aromatic carbocycles. The number of nitrogens with one attached hydrogen (secondary N) is 1. The minimum absolute atomic E-state index is 0.145. The van der Waals surface area contributed by atoms with Crippen molar-refractivity contribution < 1.29 is 14.4 Å². The molecule has 7 rings (SSSR count). The minimum atomic E-state index is -0.866. The Kier molecular flexibility index (Phi) is 4.58. The van der Waals surface area contributed by atoms with E-state index in [1.807, 2.05) is 62.4 Å². The van der Waals surface area contributed by atoms with Crippen LogP contribution in [-0.4, -0.2) is 28.7 Å². The Labute approximate surface area is 193 Å². The lowest BCUT2D eigenvalue weighted by atomic mass is 9.63. The lowest BCUT2D eigenvalue weighted by Gasteiger charge is -2.37. The number of anilines is 1. The Hall–Kier alpha value is -3.21. The molecule has 1 heterocycles. The second kappa shape index (κ2) is 7.41. The van der Waals surface area contributed by atoms with Crippen LogP contribution in [-0.2, 0) is 20.8 Å². The molecule has 0 radical (unpaired) electrons. The quantitative estimate of drug-likeness (QED) is 0.566. The van der Waals surface area contributed by atoms with Gasteiger partial charge < -0.3 is 5.32 Å². The fourth-order valence-electron chi connectivity index (χ4n) is 6.60. The molecule has 5 aliphatic rings. The highest BCUT2D eigenvalue weighted by atomic mass is 16.2. The third-order valence-corrected chi connectivity index (χ3v) is 8.22. The monoisotopic (exact) mass is 440 g/mol. The van der Waals surface area contributed by atoms with Gasteiger partial charge in [-0.25, -0.2) is 0 Å². The van der Waals surface area contributed by atoms with Gasteiger partial charge in [-0.2, -0.15) is 0 Å². The number of allylic oxidation sites excluding steroid dienone is 2. The Morgan fingerprint density at radius 1 is 0.970 bits per heavy atom. The second-order valence-electron chi connectivity index (χ2n) is 10.2. The molecule has 4 aliphatic carbocycles. The van der Waals surface area contributed by atoms with Crippen LogP contribution < -0.4 is 5.32 Å². The van der Waals surface area contributed by atoms with Crippen LogP contribution in [0.5, 0.6) is 0 Å². The van der Waals surface area contributed by atoms with Crippen LogP contribution >= 0.6 is 0 Å². The van der Waals surface area contributed by atoms with Crippen LogP contribution in [0.1, 0.15) is 23.1 Å². The van der Waals surface area contributed by atoms with E-state index in [0.717, 1.165) is 23.1 Å². The van der Waals surface area contributed by atoms with Gasteiger partial charge in [0.25, 0.3) is 0 Å². The number of carbonyl (C=O) groups is 3. The summed E-state index contributed by atoms with van der Waals surface area (Å²) in [4.78, 5) is 42.3. The molecule has 0 aromatic heterocycles. The molecule has 7 atom stereocenters. The minimum Gasteiger partial charge on any atom is -0.324 e. The van der Waals surface area contributed by atoms with E-state index in [1.165, 1.54) is 4.90 Å². The molecule has 0 spiro atoms. The zero-order chi connectivity index (χ0) is 22.9. The van der Waals surface area contributed by atoms with Crippen LogP contribution in [0.25, 0.3) is 0 Å². The maximum absolute atomic E-state index is 13.7.